The molecular weight excluding hydrogens is 216 g/mol. The van der Waals surface area contributed by atoms with E-state index in [0.717, 1.165) is 13.1 Å². The molecule has 0 heterocycles. The van der Waals surface area contributed by atoms with Gasteiger partial charge in [0.25, 0.3) is 0 Å². The second-order valence-corrected chi connectivity index (χ2v) is 5.29. The van der Waals surface area contributed by atoms with E-state index < -0.39 is 0 Å². The van der Waals surface area contributed by atoms with Crippen LogP contribution in [0.3, 0.4) is 0 Å². The molecule has 0 saturated heterocycles. The maximum Gasteiger partial charge on any atom is 0.0791 e. The van der Waals surface area contributed by atoms with Gasteiger partial charge >= 0.3 is 0 Å². The highest BCUT2D eigenvalue weighted by Crippen LogP contribution is 2.00. The van der Waals surface area contributed by atoms with E-state index in [1.54, 1.807) is 7.11 Å². The Balaban J connectivity index is 3.82. The molecule has 17 heavy (non-hydrogen) atoms. The van der Waals surface area contributed by atoms with Gasteiger partial charge in [-0.3, -0.25) is 4.90 Å². The van der Waals surface area contributed by atoms with Crippen LogP contribution in [-0.2, 0) is 4.74 Å². The average molecular weight is 246 g/mol. The van der Waals surface area contributed by atoms with Crippen LogP contribution >= 0.6 is 0 Å². The predicted octanol–water partition coefficient (Wildman–Crippen LogP) is 0.950. The van der Waals surface area contributed by atoms with Crippen LogP contribution in [0.15, 0.2) is 0 Å². The zero-order chi connectivity index (χ0) is 13.3. The molecule has 0 saturated carbocycles. The minimum atomic E-state index is -0.312. The Morgan fingerprint density at radius 3 is 2.29 bits per heavy atom. The van der Waals surface area contributed by atoms with Crippen molar-refractivity contribution in [3.63, 3.8) is 0 Å². The van der Waals surface area contributed by atoms with E-state index >= 15 is 0 Å². The fraction of sp³-hybridized carbons (Fsp3) is 1.00. The highest BCUT2D eigenvalue weighted by Gasteiger charge is 2.14. The molecule has 0 fully saturated rings. The molecule has 0 aliphatic rings. The maximum absolute atomic E-state index is 9.94. The van der Waals surface area contributed by atoms with Gasteiger partial charge in [0.05, 0.1) is 12.7 Å². The molecule has 104 valence electrons. The van der Waals surface area contributed by atoms with E-state index in [1.165, 1.54) is 0 Å². The largest absolute Gasteiger partial charge is 0.390 e. The molecule has 0 radical (unpaired) electrons. The predicted molar refractivity (Wildman–Crippen MR) is 72.3 cm³/mol. The Morgan fingerprint density at radius 1 is 1.18 bits per heavy atom. The lowest BCUT2D eigenvalue weighted by atomic mass is 10.2. The molecule has 0 bridgehead atoms. The molecule has 1 unspecified atom stereocenters. The van der Waals surface area contributed by atoms with Crippen molar-refractivity contribution in [2.45, 2.75) is 39.8 Å². The summed E-state index contributed by atoms with van der Waals surface area (Å²) in [6, 6.07) is 0.435. The lowest BCUT2D eigenvalue weighted by Gasteiger charge is -2.28. The fourth-order valence-electron chi connectivity index (χ4n) is 1.64. The Morgan fingerprint density at radius 2 is 1.82 bits per heavy atom. The first-order valence-electron chi connectivity index (χ1n) is 6.59. The molecule has 0 aliphatic carbocycles. The molecule has 0 rings (SSSR count). The van der Waals surface area contributed by atoms with Crippen LogP contribution in [0.25, 0.3) is 0 Å². The number of aliphatic hydroxyl groups is 1. The van der Waals surface area contributed by atoms with Crippen LogP contribution in [0.5, 0.6) is 0 Å². The Bertz CT molecular complexity index is 175. The van der Waals surface area contributed by atoms with Crippen molar-refractivity contribution < 1.29 is 9.84 Å². The number of nitrogens with one attached hydrogen (secondary N) is 1. The van der Waals surface area contributed by atoms with Crippen LogP contribution in [0.1, 0.15) is 27.7 Å². The third-order valence-corrected chi connectivity index (χ3v) is 2.69. The smallest absolute Gasteiger partial charge is 0.0791 e. The summed E-state index contributed by atoms with van der Waals surface area (Å²) in [7, 11) is 1.71. The van der Waals surface area contributed by atoms with Crippen molar-refractivity contribution in [3.8, 4) is 0 Å². The number of methoxy groups -OCH3 is 1. The number of hydrogen-bond donors (Lipinski definition) is 2. The van der Waals surface area contributed by atoms with Crippen LogP contribution < -0.4 is 5.32 Å². The van der Waals surface area contributed by atoms with E-state index in [1.807, 2.05) is 0 Å². The molecule has 0 aliphatic heterocycles. The zero-order valence-electron chi connectivity index (χ0n) is 12.1. The molecule has 0 aromatic carbocycles. The summed E-state index contributed by atoms with van der Waals surface area (Å²) in [5.41, 5.74) is 0. The quantitative estimate of drug-likeness (QED) is 0.602. The summed E-state index contributed by atoms with van der Waals surface area (Å²) in [6.07, 6.45) is -0.312. The summed E-state index contributed by atoms with van der Waals surface area (Å²) in [5, 5.41) is 13.2. The summed E-state index contributed by atoms with van der Waals surface area (Å²) in [6.45, 7) is 12.5. The van der Waals surface area contributed by atoms with Gasteiger partial charge in [-0.15, -0.1) is 0 Å². The minimum Gasteiger partial charge on any atom is -0.390 e. The summed E-state index contributed by atoms with van der Waals surface area (Å²) in [4.78, 5) is 2.24. The first kappa shape index (κ1) is 16.8. The van der Waals surface area contributed by atoms with Gasteiger partial charge in [0.1, 0.15) is 0 Å². The monoisotopic (exact) mass is 246 g/mol. The van der Waals surface area contributed by atoms with E-state index in [4.69, 9.17) is 4.74 Å². The SMILES string of the molecule is COCCN(CC(O)CNCC(C)C)C(C)C. The second-order valence-electron chi connectivity index (χ2n) is 5.29. The lowest BCUT2D eigenvalue weighted by molar-refractivity contribution is 0.0718. The molecule has 0 aromatic rings. The van der Waals surface area contributed by atoms with E-state index in [0.29, 0.717) is 31.7 Å². The standard InChI is InChI=1S/C13H30N2O2/c1-11(2)8-14-9-13(16)10-15(12(3)4)6-7-17-5/h11-14,16H,6-10H2,1-5H3. The van der Waals surface area contributed by atoms with Gasteiger partial charge in [-0.25, -0.2) is 0 Å². The topological polar surface area (TPSA) is 44.7 Å². The summed E-state index contributed by atoms with van der Waals surface area (Å²) >= 11 is 0. The number of nitrogens with zero attached hydrogens (tertiary/aromatic N) is 1. The summed E-state index contributed by atoms with van der Waals surface area (Å²) in [5.74, 6) is 0.622. The molecule has 4 nitrogen and oxygen atoms in total. The van der Waals surface area contributed by atoms with Crippen LogP contribution in [0, 0.1) is 5.92 Å². The Kier molecular flexibility index (Phi) is 9.74. The van der Waals surface area contributed by atoms with Gasteiger partial charge in [-0.1, -0.05) is 13.8 Å². The van der Waals surface area contributed by atoms with Crippen molar-refractivity contribution >= 4 is 0 Å². The molecule has 0 spiro atoms. The number of aliphatic hydroxyl groups excluding tert-OH is 1. The molecular formula is C13H30N2O2. The van der Waals surface area contributed by atoms with Crippen molar-refractivity contribution in [3.05, 3.63) is 0 Å². The van der Waals surface area contributed by atoms with Crippen molar-refractivity contribution in [1.82, 2.24) is 10.2 Å². The second kappa shape index (κ2) is 9.83. The highest BCUT2D eigenvalue weighted by atomic mass is 16.5. The molecule has 2 N–H and O–H groups in total. The van der Waals surface area contributed by atoms with Gasteiger partial charge in [0.15, 0.2) is 0 Å². The first-order chi connectivity index (χ1) is 7.97. The Labute approximate surface area is 106 Å². The van der Waals surface area contributed by atoms with E-state index in [9.17, 15) is 5.11 Å². The van der Waals surface area contributed by atoms with Crippen molar-refractivity contribution in [2.24, 2.45) is 5.92 Å². The van der Waals surface area contributed by atoms with Gasteiger partial charge in [-0.2, -0.15) is 0 Å². The van der Waals surface area contributed by atoms with Gasteiger partial charge < -0.3 is 15.2 Å². The van der Waals surface area contributed by atoms with Gasteiger partial charge in [0.2, 0.25) is 0 Å². The Hall–Kier alpha value is -0.160. The maximum atomic E-state index is 9.94. The minimum absolute atomic E-state index is 0.312. The third kappa shape index (κ3) is 9.53. The lowest BCUT2D eigenvalue weighted by Crippen LogP contribution is -2.43. The van der Waals surface area contributed by atoms with Crippen molar-refractivity contribution in [2.75, 3.05) is 39.9 Å². The fourth-order valence-corrected chi connectivity index (χ4v) is 1.64. The number of rotatable bonds is 10. The number of hydrogen-bond acceptors (Lipinski definition) is 4. The highest BCUT2D eigenvalue weighted by molar-refractivity contribution is 4.70. The molecule has 4 heteroatoms. The average Bonchev–Trinajstić information content (AvgIpc) is 2.23. The van der Waals surface area contributed by atoms with Crippen LogP contribution in [-0.4, -0.2) is 62.0 Å². The number of ether oxygens (including phenoxy) is 1. The van der Waals surface area contributed by atoms with E-state index in [-0.39, 0.29) is 6.10 Å². The van der Waals surface area contributed by atoms with Gasteiger partial charge in [0, 0.05) is 32.8 Å². The zero-order valence-corrected chi connectivity index (χ0v) is 12.1. The van der Waals surface area contributed by atoms with E-state index in [2.05, 4.69) is 37.9 Å². The molecule has 0 amide bonds. The van der Waals surface area contributed by atoms with Crippen molar-refractivity contribution in [1.29, 1.82) is 0 Å². The first-order valence-corrected chi connectivity index (χ1v) is 6.59. The van der Waals surface area contributed by atoms with Crippen LogP contribution in [0.4, 0.5) is 0 Å². The summed E-state index contributed by atoms with van der Waals surface area (Å²) < 4.78 is 5.08. The molecule has 1 atom stereocenters. The third-order valence-electron chi connectivity index (χ3n) is 2.69. The van der Waals surface area contributed by atoms with Gasteiger partial charge in [-0.05, 0) is 26.3 Å². The van der Waals surface area contributed by atoms with Crippen LogP contribution in [0.2, 0.25) is 0 Å². The molecule has 0 aromatic heterocycles. The normalized spacial score (nSPS) is 13.9.